The van der Waals surface area contributed by atoms with Gasteiger partial charge in [-0.3, -0.25) is 0 Å². The molecule has 146 valence electrons. The van der Waals surface area contributed by atoms with Crippen LogP contribution in [0.25, 0.3) is 22.4 Å². The zero-order chi connectivity index (χ0) is 19.9. The minimum absolute atomic E-state index is 0.00487. The topological polar surface area (TPSA) is 91.2 Å². The van der Waals surface area contributed by atoms with Crippen molar-refractivity contribution in [3.63, 3.8) is 0 Å². The van der Waals surface area contributed by atoms with E-state index in [9.17, 15) is 13.2 Å². The van der Waals surface area contributed by atoms with Crippen LogP contribution >= 0.6 is 0 Å². The molecule has 7 nitrogen and oxygen atoms in total. The average Bonchev–Trinajstić information content (AvgIpc) is 3.50. The lowest BCUT2D eigenvalue weighted by atomic mass is 10.0. The van der Waals surface area contributed by atoms with Gasteiger partial charge in [-0.25, -0.2) is 13.2 Å². The van der Waals surface area contributed by atoms with E-state index in [-0.39, 0.29) is 10.6 Å². The summed E-state index contributed by atoms with van der Waals surface area (Å²) in [5, 5.41) is 0. The molecule has 2 heterocycles. The second-order valence-electron chi connectivity index (χ2n) is 7.11. The molecule has 2 aliphatic heterocycles. The molecule has 0 unspecified atom stereocenters. The van der Waals surface area contributed by atoms with Crippen molar-refractivity contribution < 1.29 is 13.2 Å². The first-order valence-corrected chi connectivity index (χ1v) is 10.9. The van der Waals surface area contributed by atoms with Crippen molar-refractivity contribution in [1.82, 2.24) is 14.5 Å². The van der Waals surface area contributed by atoms with Crippen LogP contribution in [0.5, 0.6) is 5.75 Å². The molecule has 0 N–H and O–H groups in total. The van der Waals surface area contributed by atoms with Gasteiger partial charge in [0, 0.05) is 42.3 Å². The standard InChI is InChI=1S/C20H21N3O4S/c1-3-28(25,26)15-6-7-18(27-12-13-4-5-13)16(8-15)17-11-23(2)10-14-9-21-20(24)22-19(14)17/h6-11,13H,3-5,12H2,1-2H3. The predicted octanol–water partition coefficient (Wildman–Crippen LogP) is 2.53. The van der Waals surface area contributed by atoms with Crippen LogP contribution in [0.3, 0.4) is 0 Å². The zero-order valence-electron chi connectivity index (χ0n) is 15.8. The maximum atomic E-state index is 12.4. The third kappa shape index (κ3) is 3.64. The van der Waals surface area contributed by atoms with Crippen molar-refractivity contribution in [2.45, 2.75) is 24.7 Å². The molecule has 0 bridgehead atoms. The quantitative estimate of drug-likeness (QED) is 0.633. The molecule has 0 saturated heterocycles. The van der Waals surface area contributed by atoms with Crippen LogP contribution < -0.4 is 10.4 Å². The Kier molecular flexibility index (Phi) is 4.66. The molecule has 0 atom stereocenters. The van der Waals surface area contributed by atoms with Crippen LogP contribution in [0.15, 0.2) is 46.5 Å². The first-order chi connectivity index (χ1) is 13.4. The van der Waals surface area contributed by atoms with E-state index in [1.807, 2.05) is 24.0 Å². The van der Waals surface area contributed by atoms with E-state index >= 15 is 0 Å². The molecule has 4 rings (SSSR count). The number of rotatable bonds is 6. The highest BCUT2D eigenvalue weighted by Crippen LogP contribution is 2.39. The fourth-order valence-corrected chi connectivity index (χ4v) is 4.01. The Morgan fingerprint density at radius 3 is 2.71 bits per heavy atom. The third-order valence-electron chi connectivity index (χ3n) is 4.88. The van der Waals surface area contributed by atoms with Crippen LogP contribution in [-0.4, -0.2) is 35.3 Å². The molecule has 0 aromatic heterocycles. The third-order valence-corrected chi connectivity index (χ3v) is 6.61. The van der Waals surface area contributed by atoms with Gasteiger partial charge in [-0.15, -0.1) is 0 Å². The zero-order valence-corrected chi connectivity index (χ0v) is 16.6. The van der Waals surface area contributed by atoms with Gasteiger partial charge >= 0.3 is 5.69 Å². The maximum Gasteiger partial charge on any atom is 0.367 e. The molecule has 0 radical (unpaired) electrons. The number of hydrogen-bond donors (Lipinski definition) is 0. The van der Waals surface area contributed by atoms with Gasteiger partial charge < -0.3 is 9.30 Å². The Morgan fingerprint density at radius 2 is 2.00 bits per heavy atom. The Bertz CT molecular complexity index is 1170. The summed E-state index contributed by atoms with van der Waals surface area (Å²) in [6.07, 6.45) is 7.40. The van der Waals surface area contributed by atoms with Crippen LogP contribution in [0.2, 0.25) is 0 Å². The molecule has 1 aliphatic carbocycles. The molecule has 1 fully saturated rings. The lowest BCUT2D eigenvalue weighted by molar-refractivity contribution is 0.301. The van der Waals surface area contributed by atoms with E-state index in [2.05, 4.69) is 9.97 Å². The van der Waals surface area contributed by atoms with E-state index in [4.69, 9.17) is 4.74 Å². The second kappa shape index (κ2) is 7.01. The molecule has 8 heteroatoms. The highest BCUT2D eigenvalue weighted by Gasteiger charge is 2.24. The van der Waals surface area contributed by atoms with Gasteiger partial charge in [0.1, 0.15) is 5.75 Å². The summed E-state index contributed by atoms with van der Waals surface area (Å²) in [4.78, 5) is 19.8. The monoisotopic (exact) mass is 399 g/mol. The normalized spacial score (nSPS) is 14.4. The molecule has 0 spiro atoms. The van der Waals surface area contributed by atoms with E-state index in [0.717, 1.165) is 12.8 Å². The maximum absolute atomic E-state index is 12.4. The molecule has 1 saturated carbocycles. The number of aromatic nitrogens is 3. The number of sulfone groups is 1. The predicted molar refractivity (Wildman–Crippen MR) is 105 cm³/mol. The summed E-state index contributed by atoms with van der Waals surface area (Å²) in [6, 6.07) is 4.88. The van der Waals surface area contributed by atoms with Crippen molar-refractivity contribution in [2.24, 2.45) is 13.0 Å². The molecule has 0 amide bonds. The lowest BCUT2D eigenvalue weighted by Crippen LogP contribution is -2.13. The molecule has 3 aliphatic rings. The highest BCUT2D eigenvalue weighted by molar-refractivity contribution is 7.91. The van der Waals surface area contributed by atoms with E-state index in [0.29, 0.717) is 40.7 Å². The van der Waals surface area contributed by atoms with Gasteiger partial charge in [0.15, 0.2) is 9.84 Å². The van der Waals surface area contributed by atoms with Crippen molar-refractivity contribution in [1.29, 1.82) is 0 Å². The number of aryl methyl sites for hydroxylation is 1. The smallest absolute Gasteiger partial charge is 0.367 e. The van der Waals surface area contributed by atoms with Gasteiger partial charge in [0.2, 0.25) is 0 Å². The van der Waals surface area contributed by atoms with Crippen LogP contribution in [0.4, 0.5) is 0 Å². The molecule has 1 aromatic carbocycles. The summed E-state index contributed by atoms with van der Waals surface area (Å²) in [6.45, 7) is 2.20. The van der Waals surface area contributed by atoms with Gasteiger partial charge in [-0.2, -0.15) is 9.97 Å². The average molecular weight is 399 g/mol. The number of fused-ring (bicyclic) bond motifs is 1. The SMILES string of the molecule is CCS(=O)(=O)c1ccc(OCC2CC2)c(-c2cn(C)cc3cnc(=O)nc2-3)c1. The minimum atomic E-state index is -3.39. The van der Waals surface area contributed by atoms with Gasteiger partial charge in [0.05, 0.1) is 22.9 Å². The van der Waals surface area contributed by atoms with Crippen LogP contribution in [-0.2, 0) is 16.9 Å². The lowest BCUT2D eigenvalue weighted by Gasteiger charge is -2.17. The fraction of sp³-hybridized carbons (Fsp3) is 0.350. The highest BCUT2D eigenvalue weighted by atomic mass is 32.2. The Morgan fingerprint density at radius 1 is 1.21 bits per heavy atom. The Labute approximate surface area is 163 Å². The number of benzene rings is 1. The molecule has 28 heavy (non-hydrogen) atoms. The number of ether oxygens (including phenoxy) is 1. The van der Waals surface area contributed by atoms with E-state index < -0.39 is 15.5 Å². The van der Waals surface area contributed by atoms with Crippen molar-refractivity contribution in [2.75, 3.05) is 12.4 Å². The summed E-state index contributed by atoms with van der Waals surface area (Å²) >= 11 is 0. The van der Waals surface area contributed by atoms with Gasteiger partial charge in [0.25, 0.3) is 0 Å². The summed E-state index contributed by atoms with van der Waals surface area (Å²) in [5.74, 6) is 1.14. The summed E-state index contributed by atoms with van der Waals surface area (Å²) in [5.41, 5.74) is 1.82. The molecular formula is C20H21N3O4S. The van der Waals surface area contributed by atoms with Crippen LogP contribution in [0, 0.1) is 5.92 Å². The number of nitrogens with zero attached hydrogens (tertiary/aromatic N) is 3. The summed E-state index contributed by atoms with van der Waals surface area (Å²) < 4.78 is 32.7. The van der Waals surface area contributed by atoms with Crippen molar-refractivity contribution >= 4 is 9.84 Å². The fourth-order valence-electron chi connectivity index (χ4n) is 3.10. The number of pyridine rings is 1. The first-order valence-electron chi connectivity index (χ1n) is 9.20. The summed E-state index contributed by atoms with van der Waals surface area (Å²) in [7, 11) is -1.54. The second-order valence-corrected chi connectivity index (χ2v) is 9.39. The van der Waals surface area contributed by atoms with Crippen molar-refractivity contribution in [3.8, 4) is 28.1 Å². The molecular weight excluding hydrogens is 378 g/mol. The largest absolute Gasteiger partial charge is 0.493 e. The number of hydrogen-bond acceptors (Lipinski definition) is 6. The molecule has 1 aromatic rings. The van der Waals surface area contributed by atoms with E-state index in [1.165, 1.54) is 6.20 Å². The van der Waals surface area contributed by atoms with E-state index in [1.54, 1.807) is 25.1 Å². The Hall–Kier alpha value is -2.74. The van der Waals surface area contributed by atoms with Crippen LogP contribution in [0.1, 0.15) is 19.8 Å². The first kappa shape index (κ1) is 18.6. The van der Waals surface area contributed by atoms with Gasteiger partial charge in [-0.05, 0) is 37.0 Å². The Balaban J connectivity index is 1.93. The minimum Gasteiger partial charge on any atom is -0.493 e. The van der Waals surface area contributed by atoms with Crippen molar-refractivity contribution in [3.05, 3.63) is 47.3 Å². The van der Waals surface area contributed by atoms with Gasteiger partial charge in [-0.1, -0.05) is 6.92 Å².